The first-order valence-electron chi connectivity index (χ1n) is 5.21. The molecule has 1 atom stereocenters. The topological polar surface area (TPSA) is 60.4 Å². The van der Waals surface area contributed by atoms with Crippen LogP contribution in [0.15, 0.2) is 12.2 Å². The lowest BCUT2D eigenvalue weighted by Gasteiger charge is -2.16. The Bertz CT molecular complexity index is 281. The zero-order valence-corrected chi connectivity index (χ0v) is 9.82. The minimum atomic E-state index is -0.377. The van der Waals surface area contributed by atoms with E-state index < -0.39 is 0 Å². The van der Waals surface area contributed by atoms with Crippen LogP contribution in [0.25, 0.3) is 0 Å². The predicted molar refractivity (Wildman–Crippen MR) is 59.9 cm³/mol. The molecule has 0 aromatic carbocycles. The second-order valence-corrected chi connectivity index (χ2v) is 3.78. The number of ether oxygens (including phenoxy) is 1. The van der Waals surface area contributed by atoms with Crippen molar-refractivity contribution >= 4 is 18.0 Å². The molecule has 1 unspecified atom stereocenters. The predicted octanol–water partition coefficient (Wildman–Crippen LogP) is 1.68. The number of carbonyl (C=O) groups excluding carboxylic acids is 3. The molecule has 0 aliphatic rings. The Balaban J connectivity index is 4.16. The van der Waals surface area contributed by atoms with Gasteiger partial charge in [-0.05, 0) is 24.8 Å². The number of esters is 1. The van der Waals surface area contributed by atoms with Gasteiger partial charge in [0.25, 0.3) is 0 Å². The zero-order chi connectivity index (χ0) is 12.6. The lowest BCUT2D eigenvalue weighted by atomic mass is 9.92. The minimum absolute atomic E-state index is 0.0798. The standard InChI is InChI=1S/C12H18O4/c1-9(8-16-11(3)15)12(6-7-13)5-4-10(2)14/h7,12H,1,4-6,8H2,2-3H3. The van der Waals surface area contributed by atoms with Crippen LogP contribution in [0.3, 0.4) is 0 Å². The average Bonchev–Trinajstić information content (AvgIpc) is 2.20. The van der Waals surface area contributed by atoms with Crippen molar-refractivity contribution in [3.05, 3.63) is 12.2 Å². The minimum Gasteiger partial charge on any atom is -0.461 e. The van der Waals surface area contributed by atoms with E-state index in [1.54, 1.807) is 0 Å². The molecule has 0 bridgehead atoms. The largest absolute Gasteiger partial charge is 0.461 e. The molecule has 0 rings (SSSR count). The second-order valence-electron chi connectivity index (χ2n) is 3.78. The van der Waals surface area contributed by atoms with Gasteiger partial charge in [0.1, 0.15) is 18.7 Å². The number of ketones is 1. The van der Waals surface area contributed by atoms with E-state index in [4.69, 9.17) is 4.74 Å². The molecule has 0 N–H and O–H groups in total. The van der Waals surface area contributed by atoms with E-state index in [0.717, 1.165) is 6.29 Å². The molecular weight excluding hydrogens is 208 g/mol. The van der Waals surface area contributed by atoms with Gasteiger partial charge in [-0.2, -0.15) is 0 Å². The highest BCUT2D eigenvalue weighted by molar-refractivity contribution is 5.75. The van der Waals surface area contributed by atoms with E-state index >= 15 is 0 Å². The molecule has 0 saturated carbocycles. The van der Waals surface area contributed by atoms with Crippen LogP contribution in [0.1, 0.15) is 33.1 Å². The number of hydrogen-bond acceptors (Lipinski definition) is 4. The molecule has 0 aromatic rings. The smallest absolute Gasteiger partial charge is 0.302 e. The normalized spacial score (nSPS) is 11.6. The molecule has 16 heavy (non-hydrogen) atoms. The van der Waals surface area contributed by atoms with Crippen LogP contribution in [0.5, 0.6) is 0 Å². The summed E-state index contributed by atoms with van der Waals surface area (Å²) in [7, 11) is 0. The molecule has 0 spiro atoms. The number of Topliss-reactive ketones (excluding diaryl/α,β-unsaturated/α-hetero) is 1. The summed E-state index contributed by atoms with van der Waals surface area (Å²) >= 11 is 0. The number of aldehydes is 1. The van der Waals surface area contributed by atoms with Gasteiger partial charge in [-0.15, -0.1) is 0 Å². The second kappa shape index (κ2) is 7.79. The van der Waals surface area contributed by atoms with Crippen molar-refractivity contribution in [3.63, 3.8) is 0 Å². The van der Waals surface area contributed by atoms with Crippen LogP contribution in [0, 0.1) is 5.92 Å². The Morgan fingerprint density at radius 1 is 1.38 bits per heavy atom. The highest BCUT2D eigenvalue weighted by Crippen LogP contribution is 2.19. The van der Waals surface area contributed by atoms with E-state index in [2.05, 4.69) is 6.58 Å². The first-order valence-corrected chi connectivity index (χ1v) is 5.21. The van der Waals surface area contributed by atoms with E-state index in [-0.39, 0.29) is 24.3 Å². The van der Waals surface area contributed by atoms with Gasteiger partial charge in [0.15, 0.2) is 0 Å². The van der Waals surface area contributed by atoms with Crippen LogP contribution in [-0.4, -0.2) is 24.6 Å². The molecule has 4 nitrogen and oxygen atoms in total. The fourth-order valence-electron chi connectivity index (χ4n) is 1.29. The summed E-state index contributed by atoms with van der Waals surface area (Å²) in [5.41, 5.74) is 0.684. The van der Waals surface area contributed by atoms with Crippen molar-refractivity contribution < 1.29 is 19.1 Å². The number of hydrogen-bond donors (Lipinski definition) is 0. The lowest BCUT2D eigenvalue weighted by molar-refractivity contribution is -0.140. The van der Waals surface area contributed by atoms with Crippen LogP contribution < -0.4 is 0 Å². The van der Waals surface area contributed by atoms with Crippen molar-refractivity contribution in [1.29, 1.82) is 0 Å². The Morgan fingerprint density at radius 2 is 2.00 bits per heavy atom. The van der Waals surface area contributed by atoms with Crippen LogP contribution in [0.4, 0.5) is 0 Å². The summed E-state index contributed by atoms with van der Waals surface area (Å²) in [6, 6.07) is 0. The summed E-state index contributed by atoms with van der Waals surface area (Å²) < 4.78 is 4.80. The molecule has 0 amide bonds. The van der Waals surface area contributed by atoms with Gasteiger partial charge in [0.2, 0.25) is 0 Å². The fourth-order valence-corrected chi connectivity index (χ4v) is 1.29. The molecule has 0 aliphatic heterocycles. The third kappa shape index (κ3) is 6.92. The Morgan fingerprint density at radius 3 is 2.44 bits per heavy atom. The third-order valence-electron chi connectivity index (χ3n) is 2.26. The zero-order valence-electron chi connectivity index (χ0n) is 9.82. The maximum Gasteiger partial charge on any atom is 0.302 e. The lowest BCUT2D eigenvalue weighted by Crippen LogP contribution is -2.13. The molecule has 0 fully saturated rings. The first kappa shape index (κ1) is 14.6. The molecule has 0 heterocycles. The summed E-state index contributed by atoms with van der Waals surface area (Å²) in [6.07, 6.45) is 2.10. The molecule has 0 radical (unpaired) electrons. The van der Waals surface area contributed by atoms with Gasteiger partial charge in [-0.1, -0.05) is 6.58 Å². The van der Waals surface area contributed by atoms with Gasteiger partial charge in [0.05, 0.1) is 0 Å². The van der Waals surface area contributed by atoms with Gasteiger partial charge >= 0.3 is 5.97 Å². The van der Waals surface area contributed by atoms with E-state index in [1.807, 2.05) is 0 Å². The highest BCUT2D eigenvalue weighted by Gasteiger charge is 2.14. The summed E-state index contributed by atoms with van der Waals surface area (Å²) in [5.74, 6) is -0.380. The molecule has 90 valence electrons. The molecule has 0 saturated heterocycles. The Kier molecular flexibility index (Phi) is 7.09. The van der Waals surface area contributed by atoms with Gasteiger partial charge < -0.3 is 14.3 Å². The van der Waals surface area contributed by atoms with E-state index in [9.17, 15) is 14.4 Å². The Hall–Kier alpha value is -1.45. The van der Waals surface area contributed by atoms with Crippen molar-refractivity contribution in [2.24, 2.45) is 5.92 Å². The number of rotatable bonds is 8. The molecule has 4 heteroatoms. The third-order valence-corrected chi connectivity index (χ3v) is 2.26. The van der Waals surface area contributed by atoms with Crippen molar-refractivity contribution in [2.75, 3.05) is 6.61 Å². The van der Waals surface area contributed by atoms with Crippen LogP contribution >= 0.6 is 0 Å². The molecule has 0 aromatic heterocycles. The monoisotopic (exact) mass is 226 g/mol. The molecular formula is C12H18O4. The SMILES string of the molecule is C=C(COC(C)=O)C(CC=O)CCC(C)=O. The Labute approximate surface area is 95.7 Å². The van der Waals surface area contributed by atoms with Crippen LogP contribution in [-0.2, 0) is 19.1 Å². The maximum atomic E-state index is 10.8. The quantitative estimate of drug-likeness (QED) is 0.359. The van der Waals surface area contributed by atoms with E-state index in [1.165, 1.54) is 13.8 Å². The fraction of sp³-hybridized carbons (Fsp3) is 0.583. The first-order chi connectivity index (χ1) is 7.47. The van der Waals surface area contributed by atoms with Gasteiger partial charge in [0, 0.05) is 19.8 Å². The van der Waals surface area contributed by atoms with Crippen LogP contribution in [0.2, 0.25) is 0 Å². The number of carbonyl (C=O) groups is 3. The highest BCUT2D eigenvalue weighted by atomic mass is 16.5. The van der Waals surface area contributed by atoms with Crippen molar-refractivity contribution in [3.8, 4) is 0 Å². The van der Waals surface area contributed by atoms with Gasteiger partial charge in [-0.25, -0.2) is 0 Å². The summed E-state index contributed by atoms with van der Waals surface area (Å²) in [6.45, 7) is 6.72. The maximum absolute atomic E-state index is 10.8. The van der Waals surface area contributed by atoms with E-state index in [0.29, 0.717) is 24.8 Å². The van der Waals surface area contributed by atoms with Crippen molar-refractivity contribution in [2.45, 2.75) is 33.1 Å². The summed E-state index contributed by atoms with van der Waals surface area (Å²) in [5, 5.41) is 0. The van der Waals surface area contributed by atoms with Crippen molar-refractivity contribution in [1.82, 2.24) is 0 Å². The summed E-state index contributed by atoms with van der Waals surface area (Å²) in [4.78, 5) is 31.9. The van der Waals surface area contributed by atoms with Gasteiger partial charge in [-0.3, -0.25) is 4.79 Å². The molecule has 0 aliphatic carbocycles. The average molecular weight is 226 g/mol.